The average molecular weight is 257 g/mol. The molecule has 0 rings (SSSR count). The Morgan fingerprint density at radius 2 is 1.17 bits per heavy atom. The van der Waals surface area contributed by atoms with E-state index < -0.39 is 0 Å². The zero-order chi connectivity index (χ0) is 13.5. The van der Waals surface area contributed by atoms with Gasteiger partial charge in [0.25, 0.3) is 0 Å². The van der Waals surface area contributed by atoms with Gasteiger partial charge >= 0.3 is 0 Å². The van der Waals surface area contributed by atoms with Crippen LogP contribution in [0.1, 0.15) is 71.1 Å². The SMILES string of the molecule is CCCCCCCCCCOCCCCN(C)C. The molecule has 0 aliphatic rings. The molecular formula is C16H35NO. The van der Waals surface area contributed by atoms with Gasteiger partial charge in [-0.25, -0.2) is 0 Å². The Morgan fingerprint density at radius 3 is 1.72 bits per heavy atom. The molecule has 18 heavy (non-hydrogen) atoms. The molecule has 0 amide bonds. The van der Waals surface area contributed by atoms with Crippen LogP contribution in [0.25, 0.3) is 0 Å². The molecule has 0 N–H and O–H groups in total. The summed E-state index contributed by atoms with van der Waals surface area (Å²) in [5.41, 5.74) is 0. The van der Waals surface area contributed by atoms with Gasteiger partial charge < -0.3 is 9.64 Å². The van der Waals surface area contributed by atoms with Crippen LogP contribution in [0.3, 0.4) is 0 Å². The molecule has 0 aromatic rings. The summed E-state index contributed by atoms with van der Waals surface area (Å²) in [5.74, 6) is 0. The van der Waals surface area contributed by atoms with Gasteiger partial charge in [0, 0.05) is 13.2 Å². The lowest BCUT2D eigenvalue weighted by atomic mass is 10.1. The van der Waals surface area contributed by atoms with Crippen molar-refractivity contribution in [2.45, 2.75) is 71.1 Å². The summed E-state index contributed by atoms with van der Waals surface area (Å²) in [6, 6.07) is 0. The van der Waals surface area contributed by atoms with Crippen LogP contribution < -0.4 is 0 Å². The van der Waals surface area contributed by atoms with E-state index in [9.17, 15) is 0 Å². The number of ether oxygens (including phenoxy) is 1. The lowest BCUT2D eigenvalue weighted by Gasteiger charge is -2.09. The van der Waals surface area contributed by atoms with Gasteiger partial charge in [0.1, 0.15) is 0 Å². The van der Waals surface area contributed by atoms with Gasteiger partial charge in [-0.2, -0.15) is 0 Å². The molecule has 0 unspecified atom stereocenters. The smallest absolute Gasteiger partial charge is 0.0466 e. The highest BCUT2D eigenvalue weighted by Gasteiger charge is 1.94. The predicted molar refractivity (Wildman–Crippen MR) is 81.2 cm³/mol. The summed E-state index contributed by atoms with van der Waals surface area (Å²) in [6.45, 7) is 5.37. The summed E-state index contributed by atoms with van der Waals surface area (Å²) in [5, 5.41) is 0. The number of hydrogen-bond donors (Lipinski definition) is 0. The standard InChI is InChI=1S/C16H35NO/c1-4-5-6-7-8-9-10-12-15-18-16-13-11-14-17(2)3/h4-16H2,1-3H3. The van der Waals surface area contributed by atoms with Crippen LogP contribution in [0.15, 0.2) is 0 Å². The summed E-state index contributed by atoms with van der Waals surface area (Å²) in [7, 11) is 4.25. The van der Waals surface area contributed by atoms with E-state index in [1.54, 1.807) is 0 Å². The lowest BCUT2D eigenvalue weighted by molar-refractivity contribution is 0.124. The zero-order valence-corrected chi connectivity index (χ0v) is 13.0. The number of nitrogens with zero attached hydrogens (tertiary/aromatic N) is 1. The Hall–Kier alpha value is -0.0800. The molecule has 0 aromatic carbocycles. The van der Waals surface area contributed by atoms with E-state index in [0.29, 0.717) is 0 Å². The minimum Gasteiger partial charge on any atom is -0.381 e. The van der Waals surface area contributed by atoms with Crippen molar-refractivity contribution >= 4 is 0 Å². The quantitative estimate of drug-likeness (QED) is 0.425. The zero-order valence-electron chi connectivity index (χ0n) is 13.0. The average Bonchev–Trinajstić information content (AvgIpc) is 2.34. The maximum atomic E-state index is 5.64. The van der Waals surface area contributed by atoms with Crippen LogP contribution in [0.5, 0.6) is 0 Å². The molecule has 0 atom stereocenters. The van der Waals surface area contributed by atoms with E-state index in [1.807, 2.05) is 0 Å². The van der Waals surface area contributed by atoms with Crippen LogP contribution in [0.4, 0.5) is 0 Å². The van der Waals surface area contributed by atoms with Crippen LogP contribution in [-0.4, -0.2) is 38.8 Å². The van der Waals surface area contributed by atoms with Crippen molar-refractivity contribution < 1.29 is 4.74 Å². The number of rotatable bonds is 14. The second-order valence-electron chi connectivity index (χ2n) is 5.60. The van der Waals surface area contributed by atoms with Gasteiger partial charge in [0.2, 0.25) is 0 Å². The van der Waals surface area contributed by atoms with Gasteiger partial charge in [0.15, 0.2) is 0 Å². The Morgan fingerprint density at radius 1 is 0.667 bits per heavy atom. The molecule has 2 heteroatoms. The van der Waals surface area contributed by atoms with E-state index in [1.165, 1.54) is 70.8 Å². The third kappa shape index (κ3) is 15.9. The highest BCUT2D eigenvalue weighted by molar-refractivity contribution is 4.47. The van der Waals surface area contributed by atoms with Crippen molar-refractivity contribution in [3.63, 3.8) is 0 Å². The Balaban J connectivity index is 2.90. The molecule has 0 saturated heterocycles. The molecule has 0 bridgehead atoms. The summed E-state index contributed by atoms with van der Waals surface area (Å²) in [6.07, 6.45) is 13.5. The molecule has 0 aliphatic heterocycles. The largest absolute Gasteiger partial charge is 0.381 e. The molecule has 0 aromatic heterocycles. The van der Waals surface area contributed by atoms with Gasteiger partial charge in [-0.3, -0.25) is 0 Å². The van der Waals surface area contributed by atoms with Crippen LogP contribution in [-0.2, 0) is 4.74 Å². The van der Waals surface area contributed by atoms with Crippen LogP contribution in [0, 0.1) is 0 Å². The van der Waals surface area contributed by atoms with Crippen molar-refractivity contribution in [2.24, 2.45) is 0 Å². The van der Waals surface area contributed by atoms with Crippen molar-refractivity contribution in [3.05, 3.63) is 0 Å². The number of hydrogen-bond acceptors (Lipinski definition) is 2. The second-order valence-corrected chi connectivity index (χ2v) is 5.60. The fourth-order valence-corrected chi connectivity index (χ4v) is 2.07. The van der Waals surface area contributed by atoms with E-state index in [-0.39, 0.29) is 0 Å². The van der Waals surface area contributed by atoms with Crippen molar-refractivity contribution in [1.82, 2.24) is 4.90 Å². The third-order valence-corrected chi connectivity index (χ3v) is 3.29. The fourth-order valence-electron chi connectivity index (χ4n) is 2.07. The minimum absolute atomic E-state index is 0.949. The molecule has 0 heterocycles. The predicted octanol–water partition coefficient (Wildman–Crippen LogP) is 4.49. The fraction of sp³-hybridized carbons (Fsp3) is 1.00. The molecule has 2 nitrogen and oxygen atoms in total. The second kappa shape index (κ2) is 15.0. The molecule has 0 saturated carbocycles. The maximum Gasteiger partial charge on any atom is 0.0466 e. The minimum atomic E-state index is 0.949. The van der Waals surface area contributed by atoms with E-state index in [2.05, 4.69) is 25.9 Å². The Labute approximate surface area is 115 Å². The number of unbranched alkanes of at least 4 members (excludes halogenated alkanes) is 8. The van der Waals surface area contributed by atoms with Crippen molar-refractivity contribution in [3.8, 4) is 0 Å². The normalized spacial score (nSPS) is 11.3. The van der Waals surface area contributed by atoms with Crippen LogP contribution >= 0.6 is 0 Å². The summed E-state index contributed by atoms with van der Waals surface area (Å²) < 4.78 is 5.64. The first kappa shape index (κ1) is 17.9. The Kier molecular flexibility index (Phi) is 14.9. The molecule has 110 valence electrons. The monoisotopic (exact) mass is 257 g/mol. The highest BCUT2D eigenvalue weighted by Crippen LogP contribution is 2.08. The van der Waals surface area contributed by atoms with Gasteiger partial charge in [-0.15, -0.1) is 0 Å². The highest BCUT2D eigenvalue weighted by atomic mass is 16.5. The van der Waals surface area contributed by atoms with Gasteiger partial charge in [-0.05, 0) is 39.9 Å². The van der Waals surface area contributed by atoms with E-state index in [0.717, 1.165) is 13.2 Å². The molecular weight excluding hydrogens is 222 g/mol. The molecule has 0 spiro atoms. The van der Waals surface area contributed by atoms with Crippen molar-refractivity contribution in [2.75, 3.05) is 33.9 Å². The third-order valence-electron chi connectivity index (χ3n) is 3.29. The first-order valence-corrected chi connectivity index (χ1v) is 8.00. The van der Waals surface area contributed by atoms with E-state index in [4.69, 9.17) is 4.74 Å². The first-order valence-electron chi connectivity index (χ1n) is 8.00. The van der Waals surface area contributed by atoms with Gasteiger partial charge in [-0.1, -0.05) is 51.9 Å². The van der Waals surface area contributed by atoms with Gasteiger partial charge in [0.05, 0.1) is 0 Å². The van der Waals surface area contributed by atoms with Crippen LogP contribution in [0.2, 0.25) is 0 Å². The summed E-state index contributed by atoms with van der Waals surface area (Å²) in [4.78, 5) is 2.23. The molecule has 0 aliphatic carbocycles. The molecule has 0 fully saturated rings. The Bertz CT molecular complexity index is 148. The van der Waals surface area contributed by atoms with Crippen molar-refractivity contribution in [1.29, 1.82) is 0 Å². The maximum absolute atomic E-state index is 5.64. The summed E-state index contributed by atoms with van der Waals surface area (Å²) >= 11 is 0. The molecule has 0 radical (unpaired) electrons. The first-order chi connectivity index (χ1) is 8.77. The topological polar surface area (TPSA) is 12.5 Å². The lowest BCUT2D eigenvalue weighted by Crippen LogP contribution is -2.13. The van der Waals surface area contributed by atoms with E-state index >= 15 is 0 Å².